The molecule has 0 unspecified atom stereocenters. The lowest BCUT2D eigenvalue weighted by Crippen LogP contribution is -2.47. The highest BCUT2D eigenvalue weighted by molar-refractivity contribution is 6.01. The molecule has 12 heteroatoms. The number of urea groups is 1. The molecule has 0 aliphatic rings. The Morgan fingerprint density at radius 2 is 1.36 bits per heavy atom. The molecular formula is C33H41N7O5. The molecule has 45 heavy (non-hydrogen) atoms. The van der Waals surface area contributed by atoms with Crippen LogP contribution in [0.1, 0.15) is 47.9 Å². The van der Waals surface area contributed by atoms with Gasteiger partial charge in [-0.3, -0.25) is 24.7 Å². The number of hydrogen-bond acceptors (Lipinski definition) is 7. The molecule has 0 radical (unpaired) electrons. The lowest BCUT2D eigenvalue weighted by atomic mass is 9.90. The van der Waals surface area contributed by atoms with E-state index in [0.717, 1.165) is 22.3 Å². The van der Waals surface area contributed by atoms with Gasteiger partial charge < -0.3 is 32.2 Å². The number of benzene rings is 3. The van der Waals surface area contributed by atoms with Crippen molar-refractivity contribution in [2.75, 3.05) is 19.7 Å². The number of amides is 4. The van der Waals surface area contributed by atoms with Gasteiger partial charge in [0.15, 0.2) is 5.96 Å². The number of ether oxygens (including phenoxy) is 1. The average molecular weight is 616 g/mol. The second-order valence-electron chi connectivity index (χ2n) is 10.1. The average Bonchev–Trinajstić information content (AvgIpc) is 3.04. The van der Waals surface area contributed by atoms with Gasteiger partial charge >= 0.3 is 12.0 Å². The summed E-state index contributed by atoms with van der Waals surface area (Å²) in [4.78, 5) is 54.3. The maximum atomic E-state index is 13.5. The van der Waals surface area contributed by atoms with Crippen LogP contribution in [0, 0.1) is 0 Å². The van der Waals surface area contributed by atoms with Gasteiger partial charge in [0.1, 0.15) is 6.54 Å². The van der Waals surface area contributed by atoms with Gasteiger partial charge in [-0.25, -0.2) is 4.79 Å². The molecule has 3 aromatic carbocycles. The number of carbonyl (C=O) groups is 4. The minimum absolute atomic E-state index is 0.0289. The summed E-state index contributed by atoms with van der Waals surface area (Å²) in [5, 5.41) is 11.0. The zero-order valence-electron chi connectivity index (χ0n) is 25.3. The Hall–Kier alpha value is -5.23. The standard InChI is InChI=1S/C33H41N7O5/c1-2-45-28(41)22-39-33(44)38-21-24-17-15-23(16-18-24)20-37-27(14-9-19-36-32(34)35)30(42)40-31(43)29(25-10-5-3-6-11-25)26-12-7-4-8-13-26/h3-8,10-13,15-18,27,29,37H,2,9,14,19-22H2,1H3,(H4,34,35,36)(H2,38,39,44)(H,40,42,43)/t27-/m0/s1. The van der Waals surface area contributed by atoms with E-state index in [-0.39, 0.29) is 25.7 Å². The van der Waals surface area contributed by atoms with E-state index in [2.05, 4.69) is 26.3 Å². The number of esters is 1. The second-order valence-corrected chi connectivity index (χ2v) is 10.1. The first kappa shape index (κ1) is 34.3. The van der Waals surface area contributed by atoms with Crippen molar-refractivity contribution < 1.29 is 23.9 Å². The van der Waals surface area contributed by atoms with Crippen molar-refractivity contribution in [3.63, 3.8) is 0 Å². The molecule has 0 aromatic heterocycles. The largest absolute Gasteiger partial charge is 0.465 e. The molecule has 0 fully saturated rings. The predicted octanol–water partition coefficient (Wildman–Crippen LogP) is 2.04. The molecule has 238 valence electrons. The number of hydrogen-bond donors (Lipinski definition) is 6. The topological polar surface area (TPSA) is 190 Å². The lowest BCUT2D eigenvalue weighted by Gasteiger charge is -2.21. The van der Waals surface area contributed by atoms with Gasteiger partial charge in [0.25, 0.3) is 0 Å². The molecule has 12 nitrogen and oxygen atoms in total. The molecule has 8 N–H and O–H groups in total. The molecule has 4 amide bonds. The molecule has 0 aliphatic carbocycles. The van der Waals surface area contributed by atoms with E-state index in [1.54, 1.807) is 6.92 Å². The summed E-state index contributed by atoms with van der Waals surface area (Å²) in [5.41, 5.74) is 14.2. The summed E-state index contributed by atoms with van der Waals surface area (Å²) >= 11 is 0. The normalized spacial score (nSPS) is 11.2. The fourth-order valence-electron chi connectivity index (χ4n) is 4.52. The van der Waals surface area contributed by atoms with E-state index in [9.17, 15) is 19.2 Å². The number of nitrogens with two attached hydrogens (primary N) is 2. The van der Waals surface area contributed by atoms with E-state index < -0.39 is 35.8 Å². The summed E-state index contributed by atoms with van der Waals surface area (Å²) in [5.74, 6) is -2.07. The van der Waals surface area contributed by atoms with Gasteiger partial charge in [0, 0.05) is 19.6 Å². The van der Waals surface area contributed by atoms with E-state index >= 15 is 0 Å². The minimum Gasteiger partial charge on any atom is -0.465 e. The van der Waals surface area contributed by atoms with Crippen LogP contribution < -0.4 is 32.7 Å². The smallest absolute Gasteiger partial charge is 0.325 e. The molecule has 3 aromatic rings. The molecule has 0 saturated carbocycles. The highest BCUT2D eigenvalue weighted by Crippen LogP contribution is 2.24. The van der Waals surface area contributed by atoms with E-state index in [4.69, 9.17) is 16.2 Å². The molecule has 0 bridgehead atoms. The van der Waals surface area contributed by atoms with Crippen LogP contribution in [-0.2, 0) is 32.2 Å². The Morgan fingerprint density at radius 3 is 1.91 bits per heavy atom. The molecule has 0 aliphatic heterocycles. The number of guanidine groups is 1. The number of imide groups is 1. The zero-order chi connectivity index (χ0) is 32.4. The lowest BCUT2D eigenvalue weighted by molar-refractivity contribution is -0.141. The Bertz CT molecular complexity index is 1370. The predicted molar refractivity (Wildman–Crippen MR) is 172 cm³/mol. The summed E-state index contributed by atoms with van der Waals surface area (Å²) in [6.07, 6.45) is 0.904. The van der Waals surface area contributed by atoms with Gasteiger partial charge in [-0.05, 0) is 42.0 Å². The maximum Gasteiger partial charge on any atom is 0.325 e. The minimum atomic E-state index is -0.695. The summed E-state index contributed by atoms with van der Waals surface area (Å²) in [6, 6.07) is 24.9. The van der Waals surface area contributed by atoms with Crippen LogP contribution in [0.2, 0.25) is 0 Å². The number of aliphatic imine (C=N–C) groups is 1. The SMILES string of the molecule is CCOC(=O)CNC(=O)NCc1ccc(CN[C@@H](CCCN=C(N)N)C(=O)NC(=O)C(c2ccccc2)c2ccccc2)cc1. The monoisotopic (exact) mass is 615 g/mol. The molecule has 0 spiro atoms. The second kappa shape index (κ2) is 18.4. The van der Waals surface area contributed by atoms with Gasteiger partial charge in [-0.2, -0.15) is 0 Å². The van der Waals surface area contributed by atoms with Crippen LogP contribution in [0.4, 0.5) is 4.79 Å². The first-order chi connectivity index (χ1) is 21.8. The number of nitrogens with one attached hydrogen (secondary N) is 4. The highest BCUT2D eigenvalue weighted by Gasteiger charge is 2.27. The van der Waals surface area contributed by atoms with Crippen molar-refractivity contribution in [2.24, 2.45) is 16.5 Å². The summed E-state index contributed by atoms with van der Waals surface area (Å²) < 4.78 is 4.78. The third-order valence-electron chi connectivity index (χ3n) is 6.76. The van der Waals surface area contributed by atoms with Crippen LogP contribution in [-0.4, -0.2) is 55.5 Å². The Balaban J connectivity index is 1.62. The van der Waals surface area contributed by atoms with E-state index in [0.29, 0.717) is 25.9 Å². The van der Waals surface area contributed by atoms with Crippen molar-refractivity contribution in [1.29, 1.82) is 0 Å². The third-order valence-corrected chi connectivity index (χ3v) is 6.76. The van der Waals surface area contributed by atoms with Crippen molar-refractivity contribution >= 4 is 29.8 Å². The highest BCUT2D eigenvalue weighted by atomic mass is 16.5. The first-order valence-electron chi connectivity index (χ1n) is 14.7. The molecule has 0 heterocycles. The van der Waals surface area contributed by atoms with Gasteiger partial charge in [-0.15, -0.1) is 0 Å². The van der Waals surface area contributed by atoms with E-state index in [1.807, 2.05) is 84.9 Å². The number of carbonyl (C=O) groups excluding carboxylic acids is 4. The van der Waals surface area contributed by atoms with Crippen LogP contribution >= 0.6 is 0 Å². The molecular weight excluding hydrogens is 574 g/mol. The molecule has 1 atom stereocenters. The molecule has 0 saturated heterocycles. The van der Waals surface area contributed by atoms with Gasteiger partial charge in [0.2, 0.25) is 11.8 Å². The number of nitrogens with zero attached hydrogens (tertiary/aromatic N) is 1. The van der Waals surface area contributed by atoms with E-state index in [1.165, 1.54) is 0 Å². The van der Waals surface area contributed by atoms with Gasteiger partial charge in [0.05, 0.1) is 18.6 Å². The third kappa shape index (κ3) is 12.1. The quantitative estimate of drug-likeness (QED) is 0.0611. The maximum absolute atomic E-state index is 13.5. The van der Waals surface area contributed by atoms with Crippen molar-refractivity contribution in [2.45, 2.75) is 44.8 Å². The van der Waals surface area contributed by atoms with Crippen LogP contribution in [0.15, 0.2) is 89.9 Å². The van der Waals surface area contributed by atoms with Crippen molar-refractivity contribution in [3.05, 3.63) is 107 Å². The Kier molecular flexibility index (Phi) is 14.0. The Morgan fingerprint density at radius 1 is 0.778 bits per heavy atom. The van der Waals surface area contributed by atoms with Crippen LogP contribution in [0.5, 0.6) is 0 Å². The van der Waals surface area contributed by atoms with Gasteiger partial charge in [-0.1, -0.05) is 84.9 Å². The Labute approximate surface area is 263 Å². The van der Waals surface area contributed by atoms with Crippen LogP contribution in [0.3, 0.4) is 0 Å². The van der Waals surface area contributed by atoms with Crippen molar-refractivity contribution in [3.8, 4) is 0 Å². The summed E-state index contributed by atoms with van der Waals surface area (Å²) in [6.45, 7) is 2.67. The first-order valence-corrected chi connectivity index (χ1v) is 14.7. The fourth-order valence-corrected chi connectivity index (χ4v) is 4.52. The van der Waals surface area contributed by atoms with Crippen LogP contribution in [0.25, 0.3) is 0 Å². The molecule has 3 rings (SSSR count). The van der Waals surface area contributed by atoms with Crippen molar-refractivity contribution in [1.82, 2.24) is 21.3 Å². The number of rotatable bonds is 16. The fraction of sp³-hybridized carbons (Fsp3) is 0.303. The zero-order valence-corrected chi connectivity index (χ0v) is 25.3. The summed E-state index contributed by atoms with van der Waals surface area (Å²) in [7, 11) is 0.